The van der Waals surface area contributed by atoms with Crippen LogP contribution in [0, 0.1) is 11.3 Å². The summed E-state index contributed by atoms with van der Waals surface area (Å²) in [6, 6.07) is 10.6. The molecule has 3 nitrogen and oxygen atoms in total. The molecule has 1 aromatic carbocycles. The summed E-state index contributed by atoms with van der Waals surface area (Å²) in [5.41, 5.74) is 5.59. The van der Waals surface area contributed by atoms with Crippen LogP contribution in [0.3, 0.4) is 0 Å². The Hall–Kier alpha value is -2.38. The van der Waals surface area contributed by atoms with Crippen LogP contribution in [0.1, 0.15) is 17.5 Å². The lowest BCUT2D eigenvalue weighted by Gasteiger charge is -2.34. The van der Waals surface area contributed by atoms with Crippen molar-refractivity contribution in [1.82, 2.24) is 4.90 Å². The highest BCUT2D eigenvalue weighted by atomic mass is 79.9. The molecule has 0 fully saturated rings. The van der Waals surface area contributed by atoms with Gasteiger partial charge in [-0.15, -0.1) is 0 Å². The van der Waals surface area contributed by atoms with Crippen molar-refractivity contribution in [2.24, 2.45) is 4.99 Å². The summed E-state index contributed by atoms with van der Waals surface area (Å²) in [5.74, 6) is 0.847. The van der Waals surface area contributed by atoms with Crippen LogP contribution in [0.5, 0.6) is 0 Å². The summed E-state index contributed by atoms with van der Waals surface area (Å²) < 4.78 is 0.968. The fourth-order valence-electron chi connectivity index (χ4n) is 3.12. The zero-order valence-corrected chi connectivity index (χ0v) is 13.3. The van der Waals surface area contributed by atoms with Crippen LogP contribution < -0.4 is 0 Å². The maximum Gasteiger partial charge on any atom is 0.137 e. The van der Waals surface area contributed by atoms with Crippen LogP contribution in [-0.4, -0.2) is 10.7 Å². The smallest absolute Gasteiger partial charge is 0.137 e. The van der Waals surface area contributed by atoms with Gasteiger partial charge in [0.25, 0.3) is 0 Å². The number of rotatable bonds is 0. The zero-order chi connectivity index (χ0) is 15.1. The Balaban J connectivity index is 1.96. The van der Waals surface area contributed by atoms with E-state index < -0.39 is 0 Å². The second-order valence-corrected chi connectivity index (χ2v) is 6.25. The number of aryl methyl sites for hydroxylation is 1. The van der Waals surface area contributed by atoms with Gasteiger partial charge in [0.15, 0.2) is 0 Å². The zero-order valence-electron chi connectivity index (χ0n) is 11.8. The van der Waals surface area contributed by atoms with Crippen LogP contribution in [0.15, 0.2) is 69.4 Å². The second-order valence-electron chi connectivity index (χ2n) is 5.33. The monoisotopic (exact) mass is 349 g/mol. The van der Waals surface area contributed by atoms with E-state index in [0.717, 1.165) is 40.1 Å². The molecule has 4 heteroatoms. The quantitative estimate of drug-likeness (QED) is 0.656. The van der Waals surface area contributed by atoms with Crippen molar-refractivity contribution in [2.75, 3.05) is 0 Å². The number of aliphatic imine (C=N–C) groups is 1. The van der Waals surface area contributed by atoms with E-state index in [1.165, 1.54) is 11.1 Å². The summed E-state index contributed by atoms with van der Waals surface area (Å²) in [5, 5.41) is 9.19. The lowest BCUT2D eigenvalue weighted by atomic mass is 9.86. The third-order valence-corrected chi connectivity index (χ3v) is 4.56. The van der Waals surface area contributed by atoms with Crippen LogP contribution in [0.25, 0.3) is 5.70 Å². The minimum Gasteiger partial charge on any atom is -0.300 e. The predicted octanol–water partition coefficient (Wildman–Crippen LogP) is 4.27. The van der Waals surface area contributed by atoms with Crippen molar-refractivity contribution < 1.29 is 0 Å². The molecule has 1 aromatic rings. The molecule has 106 valence electrons. The molecule has 0 unspecified atom stereocenters. The first-order valence-electron chi connectivity index (χ1n) is 7.13. The molecule has 0 amide bonds. The first-order chi connectivity index (χ1) is 10.8. The van der Waals surface area contributed by atoms with Gasteiger partial charge in [-0.1, -0.05) is 24.3 Å². The molecule has 0 saturated heterocycles. The number of benzene rings is 1. The Labute approximate surface area is 137 Å². The van der Waals surface area contributed by atoms with Crippen LogP contribution in [0.2, 0.25) is 0 Å². The van der Waals surface area contributed by atoms with Gasteiger partial charge in [0.1, 0.15) is 5.84 Å². The summed E-state index contributed by atoms with van der Waals surface area (Å²) in [6.45, 7) is 0. The molecule has 0 radical (unpaired) electrons. The third-order valence-electron chi connectivity index (χ3n) is 4.09. The van der Waals surface area contributed by atoms with E-state index >= 15 is 0 Å². The van der Waals surface area contributed by atoms with Crippen molar-refractivity contribution in [1.29, 1.82) is 5.26 Å². The fourth-order valence-corrected chi connectivity index (χ4v) is 3.45. The Morgan fingerprint density at radius 2 is 2.09 bits per heavy atom. The van der Waals surface area contributed by atoms with Gasteiger partial charge in [0, 0.05) is 27.9 Å². The molecule has 2 heterocycles. The minimum atomic E-state index is 0.847. The van der Waals surface area contributed by atoms with Crippen LogP contribution in [0.4, 0.5) is 0 Å². The summed E-state index contributed by atoms with van der Waals surface area (Å²) >= 11 is 3.49. The van der Waals surface area contributed by atoms with Crippen molar-refractivity contribution in [2.45, 2.75) is 12.8 Å². The average molecular weight is 350 g/mol. The number of halogens is 1. The molecule has 0 N–H and O–H groups in total. The van der Waals surface area contributed by atoms with E-state index in [9.17, 15) is 5.26 Å². The molecule has 0 bridgehead atoms. The largest absolute Gasteiger partial charge is 0.300 e. The van der Waals surface area contributed by atoms with E-state index in [0.29, 0.717) is 0 Å². The van der Waals surface area contributed by atoms with Crippen LogP contribution in [-0.2, 0) is 6.42 Å². The number of amidine groups is 1. The van der Waals surface area contributed by atoms with Gasteiger partial charge in [0.05, 0.1) is 17.5 Å². The van der Waals surface area contributed by atoms with Crippen molar-refractivity contribution >= 4 is 27.5 Å². The van der Waals surface area contributed by atoms with E-state index in [-0.39, 0.29) is 0 Å². The van der Waals surface area contributed by atoms with Gasteiger partial charge >= 0.3 is 0 Å². The van der Waals surface area contributed by atoms with E-state index in [1.807, 2.05) is 29.3 Å². The molecule has 22 heavy (non-hydrogen) atoms. The van der Waals surface area contributed by atoms with Gasteiger partial charge in [-0.05, 0) is 46.5 Å². The molecule has 1 aliphatic carbocycles. The van der Waals surface area contributed by atoms with E-state index in [1.54, 1.807) is 6.08 Å². The van der Waals surface area contributed by atoms with Gasteiger partial charge in [0.2, 0.25) is 0 Å². The number of hydrogen-bond donors (Lipinski definition) is 0. The highest BCUT2D eigenvalue weighted by molar-refractivity contribution is 9.11. The Morgan fingerprint density at radius 3 is 2.95 bits per heavy atom. The molecule has 0 atom stereocenters. The van der Waals surface area contributed by atoms with Crippen molar-refractivity contribution in [3.8, 4) is 6.07 Å². The topological polar surface area (TPSA) is 39.4 Å². The number of hydrogen-bond acceptors (Lipinski definition) is 3. The second kappa shape index (κ2) is 5.11. The molecule has 0 aromatic heterocycles. The van der Waals surface area contributed by atoms with Crippen molar-refractivity contribution in [3.63, 3.8) is 0 Å². The normalized spacial score (nSPS) is 20.7. The summed E-state index contributed by atoms with van der Waals surface area (Å²) in [6.07, 6.45) is 9.41. The highest BCUT2D eigenvalue weighted by Gasteiger charge is 2.30. The molecular formula is C18H12BrN3. The minimum absolute atomic E-state index is 0.847. The molecule has 3 aliphatic rings. The molecular weight excluding hydrogens is 338 g/mol. The maximum absolute atomic E-state index is 9.19. The molecule has 0 saturated carbocycles. The average Bonchev–Trinajstić information content (AvgIpc) is 2.55. The van der Waals surface area contributed by atoms with Crippen molar-refractivity contribution in [3.05, 3.63) is 75.6 Å². The third kappa shape index (κ3) is 1.98. The van der Waals surface area contributed by atoms with Gasteiger partial charge in [-0.25, -0.2) is 4.99 Å². The summed E-state index contributed by atoms with van der Waals surface area (Å²) in [4.78, 5) is 6.84. The first kappa shape index (κ1) is 13.3. The number of fused-ring (bicyclic) bond motifs is 3. The Kier molecular flexibility index (Phi) is 3.09. The van der Waals surface area contributed by atoms with Gasteiger partial charge < -0.3 is 0 Å². The van der Waals surface area contributed by atoms with E-state index in [4.69, 9.17) is 4.99 Å². The Morgan fingerprint density at radius 1 is 1.23 bits per heavy atom. The molecule has 2 aliphatic heterocycles. The molecule has 0 spiro atoms. The lowest BCUT2D eigenvalue weighted by molar-refractivity contribution is 0.670. The van der Waals surface area contributed by atoms with E-state index in [2.05, 4.69) is 40.2 Å². The standard InChI is InChI=1S/C18H12BrN3/c19-13-6-8-17-21-18-14-4-2-1-3-12(14)5-7-15(18)16(9-10-20)22(17)11-13/h1-4,6,8-9,11H,5,7H2/b16-9+. The van der Waals surface area contributed by atoms with Gasteiger partial charge in [-0.2, -0.15) is 5.26 Å². The SMILES string of the molecule is N#C/C=C1\C2=C(N=C3C=CC(Br)=CN31)c1ccccc1CC2. The predicted molar refractivity (Wildman–Crippen MR) is 90.8 cm³/mol. The molecule has 4 rings (SSSR count). The number of nitrogens with zero attached hydrogens (tertiary/aromatic N) is 3. The first-order valence-corrected chi connectivity index (χ1v) is 7.92. The van der Waals surface area contributed by atoms with Gasteiger partial charge in [-0.3, -0.25) is 4.90 Å². The maximum atomic E-state index is 9.19. The fraction of sp³-hybridized carbons (Fsp3) is 0.111. The number of nitriles is 1. The summed E-state index contributed by atoms with van der Waals surface area (Å²) in [7, 11) is 0. The number of allylic oxidation sites excluding steroid dienone is 4. The lowest BCUT2D eigenvalue weighted by Crippen LogP contribution is -2.31. The Bertz CT molecular complexity index is 863. The van der Waals surface area contributed by atoms with Crippen LogP contribution >= 0.6 is 15.9 Å². The highest BCUT2D eigenvalue weighted by Crippen LogP contribution is 2.41.